The lowest BCUT2D eigenvalue weighted by Gasteiger charge is -2.37. The van der Waals surface area contributed by atoms with Gasteiger partial charge in [-0.1, -0.05) is 26.1 Å². The molecule has 1 aliphatic heterocycles. The molecule has 0 bridgehead atoms. The van der Waals surface area contributed by atoms with Gasteiger partial charge in [0.25, 0.3) is 0 Å². The summed E-state index contributed by atoms with van der Waals surface area (Å²) >= 11 is 5.27. The van der Waals surface area contributed by atoms with Crippen molar-refractivity contribution in [3.05, 3.63) is 22.2 Å². The summed E-state index contributed by atoms with van der Waals surface area (Å²) in [7, 11) is 4.37. The first kappa shape index (κ1) is 14.6. The van der Waals surface area contributed by atoms with Gasteiger partial charge in [0.2, 0.25) is 0 Å². The highest BCUT2D eigenvalue weighted by atomic mass is 32.1. The van der Waals surface area contributed by atoms with E-state index < -0.39 is 0 Å². The van der Waals surface area contributed by atoms with Gasteiger partial charge in [0.1, 0.15) is 10.5 Å². The molecule has 4 nitrogen and oxygen atoms in total. The molecule has 0 amide bonds. The molecule has 0 saturated carbocycles. The van der Waals surface area contributed by atoms with Crippen LogP contribution >= 0.6 is 12.2 Å². The summed E-state index contributed by atoms with van der Waals surface area (Å²) in [5.41, 5.74) is 1.18. The second kappa shape index (κ2) is 6.11. The fourth-order valence-electron chi connectivity index (χ4n) is 2.48. The molecule has 19 heavy (non-hydrogen) atoms. The quantitative estimate of drug-likeness (QED) is 0.860. The number of hydrogen-bond donors (Lipinski definition) is 1. The van der Waals surface area contributed by atoms with Gasteiger partial charge in [-0.25, -0.2) is 4.98 Å². The van der Waals surface area contributed by atoms with E-state index in [9.17, 15) is 0 Å². The molecule has 1 atom stereocenters. The second-order valence-corrected chi connectivity index (χ2v) is 6.30. The predicted octanol–water partition coefficient (Wildman–Crippen LogP) is 2.05. The van der Waals surface area contributed by atoms with Crippen molar-refractivity contribution in [2.45, 2.75) is 32.2 Å². The number of aromatic amines is 1. The third kappa shape index (κ3) is 3.84. The van der Waals surface area contributed by atoms with E-state index in [1.54, 1.807) is 0 Å². The van der Waals surface area contributed by atoms with Crippen LogP contribution in [0.4, 0.5) is 0 Å². The summed E-state index contributed by atoms with van der Waals surface area (Å²) in [5.74, 6) is 1.47. The number of hydrogen-bond acceptors (Lipinski definition) is 4. The molecular weight excluding hydrogens is 256 g/mol. The maximum Gasteiger partial charge on any atom is 0.129 e. The summed E-state index contributed by atoms with van der Waals surface area (Å²) in [5, 5.41) is 0. The van der Waals surface area contributed by atoms with Crippen molar-refractivity contribution in [2.75, 3.05) is 33.7 Å². The Labute approximate surface area is 120 Å². The van der Waals surface area contributed by atoms with Gasteiger partial charge in [-0.15, -0.1) is 0 Å². The number of likely N-dealkylation sites (N-methyl/N-ethyl adjacent to an activating group) is 2. The van der Waals surface area contributed by atoms with Gasteiger partial charge >= 0.3 is 0 Å². The average Bonchev–Trinajstić information content (AvgIpc) is 2.33. The van der Waals surface area contributed by atoms with E-state index in [1.165, 1.54) is 5.69 Å². The van der Waals surface area contributed by atoms with Gasteiger partial charge in [0.15, 0.2) is 0 Å². The SMILES string of the molecule is CC(C)c1cc(=S)nc(CC2CN(C)CCN2C)[nH]1. The van der Waals surface area contributed by atoms with Crippen molar-refractivity contribution in [2.24, 2.45) is 0 Å². The highest BCUT2D eigenvalue weighted by molar-refractivity contribution is 7.71. The number of nitrogens with one attached hydrogen (secondary N) is 1. The Morgan fingerprint density at radius 1 is 1.42 bits per heavy atom. The minimum absolute atomic E-state index is 0.454. The first-order valence-corrected chi connectivity index (χ1v) is 7.35. The van der Waals surface area contributed by atoms with E-state index >= 15 is 0 Å². The molecule has 0 aliphatic carbocycles. The minimum atomic E-state index is 0.454. The van der Waals surface area contributed by atoms with E-state index in [2.05, 4.69) is 47.7 Å². The van der Waals surface area contributed by atoms with E-state index in [-0.39, 0.29) is 0 Å². The van der Waals surface area contributed by atoms with Crippen molar-refractivity contribution in [1.29, 1.82) is 0 Å². The largest absolute Gasteiger partial charge is 0.347 e. The number of piperazine rings is 1. The second-order valence-electron chi connectivity index (χ2n) is 5.88. The molecule has 1 saturated heterocycles. The average molecular weight is 280 g/mol. The van der Waals surface area contributed by atoms with Crippen LogP contribution in [0.1, 0.15) is 31.3 Å². The molecule has 2 heterocycles. The predicted molar refractivity (Wildman–Crippen MR) is 81.1 cm³/mol. The third-order valence-electron chi connectivity index (χ3n) is 3.84. The van der Waals surface area contributed by atoms with E-state index in [0.717, 1.165) is 31.9 Å². The Morgan fingerprint density at radius 3 is 2.84 bits per heavy atom. The molecule has 0 radical (unpaired) electrons. The summed E-state index contributed by atoms with van der Waals surface area (Å²) in [4.78, 5) is 12.7. The first-order chi connectivity index (χ1) is 8.95. The lowest BCUT2D eigenvalue weighted by atomic mass is 10.1. The van der Waals surface area contributed by atoms with Crippen molar-refractivity contribution in [1.82, 2.24) is 19.8 Å². The van der Waals surface area contributed by atoms with Crippen LogP contribution in [0.5, 0.6) is 0 Å². The molecule has 0 spiro atoms. The Bertz CT molecular complexity index is 483. The molecular formula is C14H24N4S. The van der Waals surface area contributed by atoms with E-state index in [4.69, 9.17) is 12.2 Å². The van der Waals surface area contributed by atoms with Crippen molar-refractivity contribution in [3.8, 4) is 0 Å². The van der Waals surface area contributed by atoms with Crippen molar-refractivity contribution >= 4 is 12.2 Å². The van der Waals surface area contributed by atoms with Gasteiger partial charge in [0.05, 0.1) is 0 Å². The molecule has 1 aromatic rings. The number of H-pyrrole nitrogens is 1. The fourth-order valence-corrected chi connectivity index (χ4v) is 2.72. The highest BCUT2D eigenvalue weighted by Crippen LogP contribution is 2.14. The molecule has 1 aromatic heterocycles. The molecule has 106 valence electrons. The number of aromatic nitrogens is 2. The van der Waals surface area contributed by atoms with Gasteiger partial charge in [0, 0.05) is 37.8 Å². The molecule has 1 fully saturated rings. The minimum Gasteiger partial charge on any atom is -0.347 e. The Hall–Kier alpha value is -0.780. The summed E-state index contributed by atoms with van der Waals surface area (Å²) in [6, 6.07) is 2.49. The lowest BCUT2D eigenvalue weighted by Crippen LogP contribution is -2.51. The molecule has 0 aromatic carbocycles. The Balaban J connectivity index is 2.16. The monoisotopic (exact) mass is 280 g/mol. The smallest absolute Gasteiger partial charge is 0.129 e. The van der Waals surface area contributed by atoms with Crippen LogP contribution in [-0.4, -0.2) is 59.5 Å². The van der Waals surface area contributed by atoms with Gasteiger partial charge in [-0.3, -0.25) is 0 Å². The van der Waals surface area contributed by atoms with Crippen LogP contribution in [0.2, 0.25) is 0 Å². The van der Waals surface area contributed by atoms with Crippen LogP contribution in [0.25, 0.3) is 0 Å². The molecule has 2 rings (SSSR count). The van der Waals surface area contributed by atoms with Crippen molar-refractivity contribution < 1.29 is 0 Å². The zero-order chi connectivity index (χ0) is 14.0. The third-order valence-corrected chi connectivity index (χ3v) is 4.05. The molecule has 1 aliphatic rings. The van der Waals surface area contributed by atoms with Crippen LogP contribution in [-0.2, 0) is 6.42 Å². The standard InChI is InChI=1S/C14H24N4S/c1-10(2)12-8-14(19)16-13(15-12)7-11-9-17(3)5-6-18(11)4/h8,10-11H,5-7,9H2,1-4H3,(H,15,16,19). The van der Waals surface area contributed by atoms with Gasteiger partial charge in [-0.05, 0) is 26.1 Å². The number of nitrogens with zero attached hydrogens (tertiary/aromatic N) is 3. The van der Waals surface area contributed by atoms with E-state index in [1.807, 2.05) is 6.07 Å². The topological polar surface area (TPSA) is 35.2 Å². The zero-order valence-electron chi connectivity index (χ0n) is 12.3. The van der Waals surface area contributed by atoms with Gasteiger partial charge < -0.3 is 14.8 Å². The summed E-state index contributed by atoms with van der Waals surface area (Å²) < 4.78 is 0.698. The normalized spacial score (nSPS) is 22.1. The fraction of sp³-hybridized carbons (Fsp3) is 0.714. The van der Waals surface area contributed by atoms with Crippen LogP contribution < -0.4 is 0 Å². The van der Waals surface area contributed by atoms with Crippen LogP contribution in [0, 0.1) is 4.64 Å². The maximum atomic E-state index is 5.27. The Morgan fingerprint density at radius 2 is 2.16 bits per heavy atom. The van der Waals surface area contributed by atoms with Gasteiger partial charge in [-0.2, -0.15) is 0 Å². The van der Waals surface area contributed by atoms with Crippen LogP contribution in [0.3, 0.4) is 0 Å². The van der Waals surface area contributed by atoms with Crippen LogP contribution in [0.15, 0.2) is 6.07 Å². The zero-order valence-corrected chi connectivity index (χ0v) is 13.1. The first-order valence-electron chi connectivity index (χ1n) is 6.94. The van der Waals surface area contributed by atoms with E-state index in [0.29, 0.717) is 16.6 Å². The van der Waals surface area contributed by atoms with Crippen molar-refractivity contribution in [3.63, 3.8) is 0 Å². The number of rotatable bonds is 3. The maximum absolute atomic E-state index is 5.27. The molecule has 1 unspecified atom stereocenters. The Kier molecular flexibility index (Phi) is 4.71. The highest BCUT2D eigenvalue weighted by Gasteiger charge is 2.23. The summed E-state index contributed by atoms with van der Waals surface area (Å²) in [6.07, 6.45) is 0.936. The molecule has 1 N–H and O–H groups in total. The lowest BCUT2D eigenvalue weighted by molar-refractivity contribution is 0.113. The molecule has 5 heteroatoms. The summed E-state index contributed by atoms with van der Waals surface area (Å²) in [6.45, 7) is 7.69.